The molecular formula is C25H20ClNO5S. The van der Waals surface area contributed by atoms with Gasteiger partial charge >= 0.3 is 0 Å². The average Bonchev–Trinajstić information content (AvgIpc) is 3.07. The van der Waals surface area contributed by atoms with Crippen LogP contribution in [-0.2, 0) is 11.4 Å². The third-order valence-corrected chi connectivity index (χ3v) is 6.03. The number of ether oxygens (including phenoxy) is 2. The molecule has 0 bridgehead atoms. The number of hydrogen-bond donors (Lipinski definition) is 1. The van der Waals surface area contributed by atoms with E-state index in [4.69, 9.17) is 21.1 Å². The van der Waals surface area contributed by atoms with Gasteiger partial charge in [-0.1, -0.05) is 41.9 Å². The summed E-state index contributed by atoms with van der Waals surface area (Å²) in [6, 6.07) is 18.8. The highest BCUT2D eigenvalue weighted by Gasteiger charge is 2.36. The first-order valence-corrected chi connectivity index (χ1v) is 11.4. The van der Waals surface area contributed by atoms with E-state index in [9.17, 15) is 14.7 Å². The number of carbonyl (C=O) groups is 2. The number of thioether (sulfide) groups is 1. The molecule has 1 aliphatic rings. The molecule has 8 heteroatoms. The number of nitrogens with zero attached hydrogens (tertiary/aromatic N) is 1. The SMILES string of the molecule is CCOc1cc(C=C2SC(=O)N(c3cccc(O)c3)C2=O)ccc1OCc1ccccc1Cl. The molecule has 0 aliphatic carbocycles. The van der Waals surface area contributed by atoms with Gasteiger partial charge in [0.25, 0.3) is 11.1 Å². The topological polar surface area (TPSA) is 76.1 Å². The number of imide groups is 1. The Labute approximate surface area is 200 Å². The van der Waals surface area contributed by atoms with Crippen LogP contribution in [0.25, 0.3) is 6.08 Å². The molecule has 0 aromatic heterocycles. The van der Waals surface area contributed by atoms with E-state index in [1.807, 2.05) is 25.1 Å². The lowest BCUT2D eigenvalue weighted by Gasteiger charge is -2.13. The van der Waals surface area contributed by atoms with E-state index >= 15 is 0 Å². The van der Waals surface area contributed by atoms with Gasteiger partial charge < -0.3 is 14.6 Å². The molecular weight excluding hydrogens is 462 g/mol. The molecule has 168 valence electrons. The van der Waals surface area contributed by atoms with Gasteiger partial charge in [-0.3, -0.25) is 9.59 Å². The molecule has 1 N–H and O–H groups in total. The molecule has 1 saturated heterocycles. The van der Waals surface area contributed by atoms with Crippen LogP contribution in [0.2, 0.25) is 5.02 Å². The fraction of sp³-hybridized carbons (Fsp3) is 0.120. The van der Waals surface area contributed by atoms with Gasteiger partial charge in [0.1, 0.15) is 12.4 Å². The van der Waals surface area contributed by atoms with E-state index in [2.05, 4.69) is 0 Å². The molecule has 0 radical (unpaired) electrons. The van der Waals surface area contributed by atoms with Crippen molar-refractivity contribution in [2.45, 2.75) is 13.5 Å². The maximum absolute atomic E-state index is 12.9. The lowest BCUT2D eigenvalue weighted by Crippen LogP contribution is -2.27. The van der Waals surface area contributed by atoms with Crippen molar-refractivity contribution >= 4 is 46.3 Å². The zero-order valence-corrected chi connectivity index (χ0v) is 19.2. The summed E-state index contributed by atoms with van der Waals surface area (Å²) in [6.07, 6.45) is 1.63. The standard InChI is InChI=1S/C25H20ClNO5S/c1-2-31-22-12-16(10-11-21(22)32-15-17-6-3-4-9-20(17)26)13-23-24(29)27(25(30)33-23)18-7-5-8-19(28)14-18/h3-14,28H,2,15H2,1H3. The van der Waals surface area contributed by atoms with Crippen molar-refractivity contribution in [3.05, 3.63) is 87.8 Å². The molecule has 0 saturated carbocycles. The smallest absolute Gasteiger partial charge is 0.298 e. The fourth-order valence-corrected chi connectivity index (χ4v) is 4.28. The molecule has 3 aromatic carbocycles. The number of benzene rings is 3. The predicted molar refractivity (Wildman–Crippen MR) is 130 cm³/mol. The highest BCUT2D eigenvalue weighted by Crippen LogP contribution is 2.38. The van der Waals surface area contributed by atoms with Crippen LogP contribution in [-0.4, -0.2) is 22.9 Å². The molecule has 6 nitrogen and oxygen atoms in total. The van der Waals surface area contributed by atoms with E-state index in [-0.39, 0.29) is 17.3 Å². The van der Waals surface area contributed by atoms with Gasteiger partial charge in [0.05, 0.1) is 17.2 Å². The number of carbonyl (C=O) groups excluding carboxylic acids is 2. The molecule has 0 atom stereocenters. The summed E-state index contributed by atoms with van der Waals surface area (Å²) in [5.41, 5.74) is 1.86. The molecule has 0 unspecified atom stereocenters. The van der Waals surface area contributed by atoms with Crippen molar-refractivity contribution in [1.82, 2.24) is 0 Å². The summed E-state index contributed by atoms with van der Waals surface area (Å²) in [5, 5.41) is 9.87. The maximum atomic E-state index is 12.9. The van der Waals surface area contributed by atoms with Crippen LogP contribution >= 0.6 is 23.4 Å². The zero-order valence-electron chi connectivity index (χ0n) is 17.7. The molecule has 4 rings (SSSR count). The van der Waals surface area contributed by atoms with E-state index < -0.39 is 11.1 Å². The largest absolute Gasteiger partial charge is 0.508 e. The molecule has 1 fully saturated rings. The quantitative estimate of drug-likeness (QED) is 0.401. The van der Waals surface area contributed by atoms with E-state index in [0.29, 0.717) is 34.4 Å². The predicted octanol–water partition coefficient (Wildman–Crippen LogP) is 6.26. The highest BCUT2D eigenvalue weighted by molar-refractivity contribution is 8.19. The minimum Gasteiger partial charge on any atom is -0.508 e. The van der Waals surface area contributed by atoms with Gasteiger partial charge in [-0.2, -0.15) is 0 Å². The Bertz CT molecular complexity index is 1240. The lowest BCUT2D eigenvalue weighted by atomic mass is 10.1. The molecule has 1 heterocycles. The summed E-state index contributed by atoms with van der Waals surface area (Å²) < 4.78 is 11.6. The molecule has 1 aliphatic heterocycles. The number of anilines is 1. The van der Waals surface area contributed by atoms with Crippen molar-refractivity contribution < 1.29 is 24.2 Å². The fourth-order valence-electron chi connectivity index (χ4n) is 3.25. The first kappa shape index (κ1) is 22.8. The Balaban J connectivity index is 1.56. The highest BCUT2D eigenvalue weighted by atomic mass is 35.5. The Morgan fingerprint density at radius 1 is 1.00 bits per heavy atom. The molecule has 33 heavy (non-hydrogen) atoms. The van der Waals surface area contributed by atoms with E-state index in [1.165, 1.54) is 12.1 Å². The van der Waals surface area contributed by atoms with Gasteiger partial charge in [-0.05, 0) is 60.7 Å². The van der Waals surface area contributed by atoms with Crippen LogP contribution in [0.15, 0.2) is 71.6 Å². The van der Waals surface area contributed by atoms with Crippen molar-refractivity contribution in [2.75, 3.05) is 11.5 Å². The maximum Gasteiger partial charge on any atom is 0.298 e. The van der Waals surface area contributed by atoms with Crippen molar-refractivity contribution in [3.8, 4) is 17.2 Å². The van der Waals surface area contributed by atoms with Gasteiger partial charge in [0, 0.05) is 16.7 Å². The second-order valence-corrected chi connectivity index (χ2v) is 8.46. The van der Waals surface area contributed by atoms with Gasteiger partial charge in [-0.15, -0.1) is 0 Å². The molecule has 0 spiro atoms. The second-order valence-electron chi connectivity index (χ2n) is 7.06. The first-order chi connectivity index (χ1) is 16.0. The van der Waals surface area contributed by atoms with Crippen molar-refractivity contribution in [1.29, 1.82) is 0 Å². The van der Waals surface area contributed by atoms with Crippen LogP contribution < -0.4 is 14.4 Å². The number of halogens is 1. The number of aromatic hydroxyl groups is 1. The van der Waals surface area contributed by atoms with Gasteiger partial charge in [0.2, 0.25) is 0 Å². The van der Waals surface area contributed by atoms with Crippen LogP contribution in [0.4, 0.5) is 10.5 Å². The van der Waals surface area contributed by atoms with Crippen molar-refractivity contribution in [2.24, 2.45) is 0 Å². The number of phenols is 1. The summed E-state index contributed by atoms with van der Waals surface area (Å²) >= 11 is 7.04. The van der Waals surface area contributed by atoms with E-state index in [0.717, 1.165) is 22.2 Å². The molecule has 2 amide bonds. The molecule has 3 aromatic rings. The summed E-state index contributed by atoms with van der Waals surface area (Å²) in [6.45, 7) is 2.58. The Morgan fingerprint density at radius 2 is 1.82 bits per heavy atom. The van der Waals surface area contributed by atoms with Crippen LogP contribution in [0.5, 0.6) is 17.2 Å². The van der Waals surface area contributed by atoms with Crippen LogP contribution in [0, 0.1) is 0 Å². The third-order valence-electron chi connectivity index (χ3n) is 4.79. The summed E-state index contributed by atoms with van der Waals surface area (Å²) in [5.74, 6) is 0.587. The van der Waals surface area contributed by atoms with Gasteiger partial charge in [-0.25, -0.2) is 4.90 Å². The minimum atomic E-state index is -0.451. The number of hydrogen-bond acceptors (Lipinski definition) is 6. The Hall–Kier alpha value is -3.42. The number of rotatable bonds is 7. The van der Waals surface area contributed by atoms with Crippen LogP contribution in [0.3, 0.4) is 0 Å². The Morgan fingerprint density at radius 3 is 2.58 bits per heavy atom. The normalized spacial score (nSPS) is 14.7. The number of phenolic OH excluding ortho intramolecular Hbond substituents is 1. The zero-order chi connectivity index (χ0) is 23.4. The lowest BCUT2D eigenvalue weighted by molar-refractivity contribution is -0.113. The van der Waals surface area contributed by atoms with E-state index in [1.54, 1.807) is 42.5 Å². The monoisotopic (exact) mass is 481 g/mol. The van der Waals surface area contributed by atoms with Gasteiger partial charge in [0.15, 0.2) is 11.5 Å². The first-order valence-electron chi connectivity index (χ1n) is 10.2. The summed E-state index contributed by atoms with van der Waals surface area (Å²) in [4.78, 5) is 26.6. The number of amides is 2. The minimum absolute atomic E-state index is 0.0238. The second kappa shape index (κ2) is 10.0. The third kappa shape index (κ3) is 5.16. The van der Waals surface area contributed by atoms with Crippen LogP contribution in [0.1, 0.15) is 18.1 Å². The van der Waals surface area contributed by atoms with Crippen molar-refractivity contribution in [3.63, 3.8) is 0 Å². The average molecular weight is 482 g/mol. The summed E-state index contributed by atoms with van der Waals surface area (Å²) in [7, 11) is 0. The Kier molecular flexibility index (Phi) is 6.91.